The molecule has 3 aromatic rings. The molecule has 0 fully saturated rings. The molecule has 4 nitrogen and oxygen atoms in total. The Labute approximate surface area is 154 Å². The Balaban J connectivity index is 2.04. The number of carbonyl (C=O) groups is 1. The Kier molecular flexibility index (Phi) is 5.04. The highest BCUT2D eigenvalue weighted by Gasteiger charge is 2.21. The number of ether oxygens (including phenoxy) is 1. The molecule has 0 saturated heterocycles. The van der Waals surface area contributed by atoms with Crippen LogP contribution in [-0.4, -0.2) is 11.0 Å². The molecule has 2 aromatic carbocycles. The van der Waals surface area contributed by atoms with Gasteiger partial charge in [-0.05, 0) is 40.6 Å². The van der Waals surface area contributed by atoms with Gasteiger partial charge in [0.15, 0.2) is 0 Å². The summed E-state index contributed by atoms with van der Waals surface area (Å²) in [6.07, 6.45) is 0. The zero-order valence-electron chi connectivity index (χ0n) is 14.0. The van der Waals surface area contributed by atoms with Crippen molar-refractivity contribution in [1.82, 2.24) is 4.98 Å². The molecule has 1 heterocycles. The molecule has 0 radical (unpaired) electrons. The van der Waals surface area contributed by atoms with Gasteiger partial charge >= 0.3 is 5.97 Å². The number of fused-ring (bicyclic) bond motifs is 1. The molecular formula is C20H18BrNO3. The molecule has 0 saturated carbocycles. The van der Waals surface area contributed by atoms with Crippen LogP contribution in [0.3, 0.4) is 0 Å². The van der Waals surface area contributed by atoms with E-state index in [2.05, 4.69) is 20.9 Å². The number of rotatable bonds is 4. The van der Waals surface area contributed by atoms with Crippen LogP contribution >= 0.6 is 15.9 Å². The van der Waals surface area contributed by atoms with E-state index >= 15 is 0 Å². The molecule has 25 heavy (non-hydrogen) atoms. The van der Waals surface area contributed by atoms with Gasteiger partial charge in [-0.25, -0.2) is 4.79 Å². The number of pyridine rings is 1. The number of benzene rings is 2. The third kappa shape index (κ3) is 3.66. The minimum absolute atomic E-state index is 0.0490. The minimum atomic E-state index is -0.522. The second-order valence-corrected chi connectivity index (χ2v) is 7.06. The lowest BCUT2D eigenvalue weighted by Gasteiger charge is -2.15. The van der Waals surface area contributed by atoms with Gasteiger partial charge in [-0.1, -0.05) is 60.1 Å². The minimum Gasteiger partial charge on any atom is -0.456 e. The number of esters is 1. The van der Waals surface area contributed by atoms with E-state index in [1.807, 2.05) is 56.3 Å². The van der Waals surface area contributed by atoms with Gasteiger partial charge < -0.3 is 9.72 Å². The van der Waals surface area contributed by atoms with Crippen molar-refractivity contribution in [2.45, 2.75) is 26.4 Å². The van der Waals surface area contributed by atoms with Crippen molar-refractivity contribution in [3.8, 4) is 0 Å². The monoisotopic (exact) mass is 399 g/mol. The van der Waals surface area contributed by atoms with E-state index in [4.69, 9.17) is 4.74 Å². The summed E-state index contributed by atoms with van der Waals surface area (Å²) < 4.78 is 6.28. The predicted molar refractivity (Wildman–Crippen MR) is 102 cm³/mol. The van der Waals surface area contributed by atoms with Gasteiger partial charge in [0.1, 0.15) is 12.3 Å². The van der Waals surface area contributed by atoms with Crippen molar-refractivity contribution in [3.05, 3.63) is 80.2 Å². The Morgan fingerprint density at radius 1 is 1.12 bits per heavy atom. The van der Waals surface area contributed by atoms with Gasteiger partial charge in [0.2, 0.25) is 0 Å². The van der Waals surface area contributed by atoms with Gasteiger partial charge in [0.25, 0.3) is 5.56 Å². The van der Waals surface area contributed by atoms with E-state index in [0.29, 0.717) is 5.39 Å². The second-order valence-electron chi connectivity index (χ2n) is 6.15. The van der Waals surface area contributed by atoms with E-state index in [0.717, 1.165) is 21.0 Å². The third-order valence-electron chi connectivity index (χ3n) is 4.02. The number of halogens is 1. The summed E-state index contributed by atoms with van der Waals surface area (Å²) in [6, 6.07) is 14.9. The molecule has 0 unspecified atom stereocenters. The number of hydrogen-bond donors (Lipinski definition) is 1. The fourth-order valence-corrected chi connectivity index (χ4v) is 3.24. The average Bonchev–Trinajstić information content (AvgIpc) is 2.59. The number of aromatic amines is 1. The molecule has 0 amide bonds. The van der Waals surface area contributed by atoms with E-state index in [1.54, 1.807) is 6.07 Å². The maximum Gasteiger partial charge on any atom is 0.355 e. The predicted octanol–water partition coefficient (Wildman–Crippen LogP) is 4.77. The van der Waals surface area contributed by atoms with Crippen LogP contribution in [0.2, 0.25) is 0 Å². The summed E-state index contributed by atoms with van der Waals surface area (Å²) in [6.45, 7) is 4.14. The summed E-state index contributed by atoms with van der Waals surface area (Å²) in [5.41, 5.74) is 1.61. The standard InChI is InChI=1S/C20H18BrNO3/c1-12(2)17-16-10-14(21)8-9-15(16)19(23)22-18(17)20(24)25-11-13-6-4-3-5-7-13/h3-10,12H,11H2,1-2H3,(H,22,23). The number of nitrogens with one attached hydrogen (secondary N) is 1. The van der Waals surface area contributed by atoms with Gasteiger partial charge in [-0.15, -0.1) is 0 Å². The van der Waals surface area contributed by atoms with Crippen molar-refractivity contribution in [1.29, 1.82) is 0 Å². The molecular weight excluding hydrogens is 382 g/mol. The molecule has 128 valence electrons. The highest BCUT2D eigenvalue weighted by molar-refractivity contribution is 9.10. The first-order chi connectivity index (χ1) is 12.0. The molecule has 0 aliphatic rings. The van der Waals surface area contributed by atoms with E-state index in [1.165, 1.54) is 0 Å². The quantitative estimate of drug-likeness (QED) is 0.642. The lowest BCUT2D eigenvalue weighted by molar-refractivity contribution is 0.0464. The maximum atomic E-state index is 12.6. The van der Waals surface area contributed by atoms with Gasteiger partial charge in [0.05, 0.1) is 0 Å². The van der Waals surface area contributed by atoms with Gasteiger partial charge in [-0.2, -0.15) is 0 Å². The summed E-state index contributed by atoms with van der Waals surface area (Å²) >= 11 is 3.43. The van der Waals surface area contributed by atoms with Gasteiger partial charge in [0, 0.05) is 9.86 Å². The van der Waals surface area contributed by atoms with Crippen LogP contribution in [-0.2, 0) is 11.3 Å². The summed E-state index contributed by atoms with van der Waals surface area (Å²) in [5.74, 6) is -0.473. The third-order valence-corrected chi connectivity index (χ3v) is 4.51. The second kappa shape index (κ2) is 7.23. The van der Waals surface area contributed by atoms with Crippen molar-refractivity contribution in [2.24, 2.45) is 0 Å². The first kappa shape index (κ1) is 17.4. The van der Waals surface area contributed by atoms with Crippen LogP contribution in [0.15, 0.2) is 57.8 Å². The van der Waals surface area contributed by atoms with Crippen molar-refractivity contribution >= 4 is 32.7 Å². The number of carbonyl (C=O) groups excluding carboxylic acids is 1. The molecule has 5 heteroatoms. The molecule has 3 rings (SSSR count). The van der Waals surface area contributed by atoms with E-state index < -0.39 is 5.97 Å². The van der Waals surface area contributed by atoms with Crippen LogP contribution in [0, 0.1) is 0 Å². The first-order valence-electron chi connectivity index (χ1n) is 8.04. The van der Waals surface area contributed by atoms with Crippen molar-refractivity contribution in [3.63, 3.8) is 0 Å². The van der Waals surface area contributed by atoms with Crippen LogP contribution in [0.1, 0.15) is 41.4 Å². The van der Waals surface area contributed by atoms with Crippen LogP contribution in [0.25, 0.3) is 10.8 Å². The molecule has 1 N–H and O–H groups in total. The zero-order chi connectivity index (χ0) is 18.0. The van der Waals surface area contributed by atoms with E-state index in [-0.39, 0.29) is 23.8 Å². The largest absolute Gasteiger partial charge is 0.456 e. The Bertz CT molecular complexity index is 977. The van der Waals surface area contributed by atoms with Crippen molar-refractivity contribution < 1.29 is 9.53 Å². The SMILES string of the molecule is CC(C)c1c(C(=O)OCc2ccccc2)[nH]c(=O)c2ccc(Br)cc12. The number of H-pyrrole nitrogens is 1. The fraction of sp³-hybridized carbons (Fsp3) is 0.200. The Hall–Kier alpha value is -2.40. The fourth-order valence-electron chi connectivity index (χ4n) is 2.88. The zero-order valence-corrected chi connectivity index (χ0v) is 15.6. The molecule has 0 aliphatic heterocycles. The average molecular weight is 400 g/mol. The molecule has 0 aliphatic carbocycles. The molecule has 0 atom stereocenters. The molecule has 0 spiro atoms. The topological polar surface area (TPSA) is 59.2 Å². The lowest BCUT2D eigenvalue weighted by Crippen LogP contribution is -2.19. The normalized spacial score (nSPS) is 11.0. The van der Waals surface area contributed by atoms with Gasteiger partial charge in [-0.3, -0.25) is 4.79 Å². The molecule has 1 aromatic heterocycles. The van der Waals surface area contributed by atoms with Crippen LogP contribution in [0.4, 0.5) is 0 Å². The Morgan fingerprint density at radius 2 is 1.84 bits per heavy atom. The van der Waals surface area contributed by atoms with E-state index in [9.17, 15) is 9.59 Å². The number of hydrogen-bond acceptors (Lipinski definition) is 3. The Morgan fingerprint density at radius 3 is 2.52 bits per heavy atom. The summed E-state index contributed by atoms with van der Waals surface area (Å²) in [5, 5.41) is 1.33. The smallest absolute Gasteiger partial charge is 0.355 e. The maximum absolute atomic E-state index is 12.6. The summed E-state index contributed by atoms with van der Waals surface area (Å²) in [7, 11) is 0. The number of aromatic nitrogens is 1. The van der Waals surface area contributed by atoms with Crippen molar-refractivity contribution in [2.75, 3.05) is 0 Å². The molecule has 0 bridgehead atoms. The van der Waals surface area contributed by atoms with Crippen LogP contribution in [0.5, 0.6) is 0 Å². The first-order valence-corrected chi connectivity index (χ1v) is 8.83. The lowest BCUT2D eigenvalue weighted by atomic mass is 9.95. The van der Waals surface area contributed by atoms with Crippen LogP contribution < -0.4 is 5.56 Å². The highest BCUT2D eigenvalue weighted by Crippen LogP contribution is 2.28. The summed E-state index contributed by atoms with van der Waals surface area (Å²) in [4.78, 5) is 27.7. The highest BCUT2D eigenvalue weighted by atomic mass is 79.9.